The minimum absolute atomic E-state index is 0.0314. The van der Waals surface area contributed by atoms with Crippen molar-refractivity contribution in [1.82, 2.24) is 14.8 Å². The molecule has 6 heteroatoms. The molecule has 1 amide bonds. The standard InChI is InChI=1S/C21H20BrN3OS/c22-17-6-4-16(5-7-17)20-9-8-18(27-20)15-24-11-13-25(14-12-24)21(26)19-3-1-2-10-23-19/h1-10H,11-15H2. The van der Waals surface area contributed by atoms with E-state index < -0.39 is 0 Å². The number of halogens is 1. The second kappa shape index (κ2) is 8.33. The van der Waals surface area contributed by atoms with Crippen molar-refractivity contribution in [2.24, 2.45) is 0 Å². The molecule has 4 rings (SSSR count). The average Bonchev–Trinajstić information content (AvgIpc) is 3.18. The molecule has 1 fully saturated rings. The zero-order valence-corrected chi connectivity index (χ0v) is 17.2. The Labute approximate surface area is 171 Å². The Hall–Kier alpha value is -2.02. The topological polar surface area (TPSA) is 36.4 Å². The summed E-state index contributed by atoms with van der Waals surface area (Å²) in [5, 5.41) is 0. The summed E-state index contributed by atoms with van der Waals surface area (Å²) >= 11 is 5.33. The molecule has 1 saturated heterocycles. The second-order valence-corrected chi connectivity index (χ2v) is 8.64. The number of hydrogen-bond donors (Lipinski definition) is 0. The Kier molecular flexibility index (Phi) is 5.66. The van der Waals surface area contributed by atoms with Crippen molar-refractivity contribution >= 4 is 33.2 Å². The van der Waals surface area contributed by atoms with Gasteiger partial charge < -0.3 is 4.90 Å². The highest BCUT2D eigenvalue weighted by Gasteiger charge is 2.23. The van der Waals surface area contributed by atoms with Gasteiger partial charge in [-0.15, -0.1) is 11.3 Å². The summed E-state index contributed by atoms with van der Waals surface area (Å²) in [7, 11) is 0. The summed E-state index contributed by atoms with van der Waals surface area (Å²) in [6.45, 7) is 4.22. The molecule has 27 heavy (non-hydrogen) atoms. The van der Waals surface area contributed by atoms with Crippen molar-refractivity contribution in [3.8, 4) is 10.4 Å². The molecule has 0 bridgehead atoms. The number of aromatic nitrogens is 1. The van der Waals surface area contributed by atoms with Crippen LogP contribution in [0.1, 0.15) is 15.4 Å². The third kappa shape index (κ3) is 4.46. The van der Waals surface area contributed by atoms with Crippen LogP contribution in [0.4, 0.5) is 0 Å². The molecular formula is C21H20BrN3OS. The number of piperazine rings is 1. The van der Waals surface area contributed by atoms with Gasteiger partial charge in [0.2, 0.25) is 0 Å². The molecule has 138 valence electrons. The summed E-state index contributed by atoms with van der Waals surface area (Å²) < 4.78 is 1.10. The van der Waals surface area contributed by atoms with Crippen LogP contribution in [-0.2, 0) is 6.54 Å². The van der Waals surface area contributed by atoms with Crippen molar-refractivity contribution in [2.75, 3.05) is 26.2 Å². The van der Waals surface area contributed by atoms with Crippen LogP contribution in [-0.4, -0.2) is 46.9 Å². The summed E-state index contributed by atoms with van der Waals surface area (Å²) in [6.07, 6.45) is 1.67. The van der Waals surface area contributed by atoms with Gasteiger partial charge in [-0.2, -0.15) is 0 Å². The van der Waals surface area contributed by atoms with E-state index in [4.69, 9.17) is 0 Å². The van der Waals surface area contributed by atoms with Gasteiger partial charge in [0.15, 0.2) is 0 Å². The van der Waals surface area contributed by atoms with Gasteiger partial charge in [-0.1, -0.05) is 34.1 Å². The van der Waals surface area contributed by atoms with Gasteiger partial charge in [0.05, 0.1) is 0 Å². The van der Waals surface area contributed by atoms with E-state index in [0.717, 1.165) is 37.2 Å². The summed E-state index contributed by atoms with van der Waals surface area (Å²) in [4.78, 5) is 23.6. The van der Waals surface area contributed by atoms with Gasteiger partial charge in [0.1, 0.15) is 5.69 Å². The van der Waals surface area contributed by atoms with E-state index in [0.29, 0.717) is 5.69 Å². The van der Waals surface area contributed by atoms with Crippen molar-refractivity contribution in [3.05, 3.63) is 75.8 Å². The number of benzene rings is 1. The maximum atomic E-state index is 12.5. The molecule has 1 aliphatic rings. The number of carbonyl (C=O) groups excluding carboxylic acids is 1. The Bertz CT molecular complexity index is 903. The fourth-order valence-corrected chi connectivity index (χ4v) is 4.53. The van der Waals surface area contributed by atoms with Crippen molar-refractivity contribution in [3.63, 3.8) is 0 Å². The van der Waals surface area contributed by atoms with E-state index in [1.807, 2.05) is 28.4 Å². The van der Waals surface area contributed by atoms with Gasteiger partial charge in [0.25, 0.3) is 5.91 Å². The van der Waals surface area contributed by atoms with E-state index in [-0.39, 0.29) is 5.91 Å². The van der Waals surface area contributed by atoms with Crippen LogP contribution in [0.15, 0.2) is 65.3 Å². The number of nitrogens with zero attached hydrogens (tertiary/aromatic N) is 3. The van der Waals surface area contributed by atoms with Crippen LogP contribution in [0.3, 0.4) is 0 Å². The number of amides is 1. The molecule has 0 unspecified atom stereocenters. The van der Waals surface area contributed by atoms with Crippen LogP contribution >= 0.6 is 27.3 Å². The molecule has 1 aromatic carbocycles. The molecular weight excluding hydrogens is 422 g/mol. The normalized spacial score (nSPS) is 15.1. The number of rotatable bonds is 4. The second-order valence-electron chi connectivity index (χ2n) is 6.56. The summed E-state index contributed by atoms with van der Waals surface area (Å²) in [6, 6.07) is 18.3. The molecule has 3 aromatic rings. The Morgan fingerprint density at radius 3 is 2.48 bits per heavy atom. The highest BCUT2D eigenvalue weighted by atomic mass is 79.9. The summed E-state index contributed by atoms with van der Waals surface area (Å²) in [5.41, 5.74) is 1.78. The first-order valence-corrected chi connectivity index (χ1v) is 10.6. The van der Waals surface area contributed by atoms with E-state index in [9.17, 15) is 4.79 Å². The van der Waals surface area contributed by atoms with Gasteiger partial charge in [-0.25, -0.2) is 0 Å². The van der Waals surface area contributed by atoms with Gasteiger partial charge in [-0.05, 0) is 42.0 Å². The van der Waals surface area contributed by atoms with Crippen LogP contribution in [0, 0.1) is 0 Å². The largest absolute Gasteiger partial charge is 0.335 e. The number of hydrogen-bond acceptors (Lipinski definition) is 4. The molecule has 0 atom stereocenters. The SMILES string of the molecule is O=C(c1ccccn1)N1CCN(Cc2ccc(-c3ccc(Br)cc3)s2)CC1. The minimum atomic E-state index is 0.0314. The fourth-order valence-electron chi connectivity index (χ4n) is 3.21. The highest BCUT2D eigenvalue weighted by molar-refractivity contribution is 9.10. The first-order valence-electron chi connectivity index (χ1n) is 8.96. The van der Waals surface area contributed by atoms with Gasteiger partial charge in [-0.3, -0.25) is 14.7 Å². The molecule has 0 N–H and O–H groups in total. The minimum Gasteiger partial charge on any atom is -0.335 e. The van der Waals surface area contributed by atoms with E-state index >= 15 is 0 Å². The van der Waals surface area contributed by atoms with Gasteiger partial charge in [0, 0.05) is 53.1 Å². The van der Waals surface area contributed by atoms with Crippen LogP contribution in [0.2, 0.25) is 0 Å². The molecule has 0 spiro atoms. The van der Waals surface area contributed by atoms with Gasteiger partial charge >= 0.3 is 0 Å². The van der Waals surface area contributed by atoms with Crippen molar-refractivity contribution < 1.29 is 4.79 Å². The smallest absolute Gasteiger partial charge is 0.272 e. The molecule has 1 aliphatic heterocycles. The predicted molar refractivity (Wildman–Crippen MR) is 113 cm³/mol. The predicted octanol–water partition coefficient (Wildman–Crippen LogP) is 4.53. The average molecular weight is 442 g/mol. The zero-order valence-electron chi connectivity index (χ0n) is 14.8. The Morgan fingerprint density at radius 1 is 1.00 bits per heavy atom. The third-order valence-electron chi connectivity index (χ3n) is 4.71. The lowest BCUT2D eigenvalue weighted by Crippen LogP contribution is -2.48. The van der Waals surface area contributed by atoms with Crippen molar-refractivity contribution in [2.45, 2.75) is 6.54 Å². The Balaban J connectivity index is 1.33. The van der Waals surface area contributed by atoms with E-state index in [2.05, 4.69) is 62.2 Å². The molecule has 0 aliphatic carbocycles. The lowest BCUT2D eigenvalue weighted by molar-refractivity contribution is 0.0624. The van der Waals surface area contributed by atoms with Crippen LogP contribution in [0.5, 0.6) is 0 Å². The lowest BCUT2D eigenvalue weighted by atomic mass is 10.2. The fraction of sp³-hybridized carbons (Fsp3) is 0.238. The zero-order chi connectivity index (χ0) is 18.6. The maximum Gasteiger partial charge on any atom is 0.272 e. The number of pyridine rings is 1. The molecule has 0 saturated carbocycles. The first-order chi connectivity index (χ1) is 13.2. The molecule has 2 aromatic heterocycles. The quantitative estimate of drug-likeness (QED) is 0.596. The lowest BCUT2D eigenvalue weighted by Gasteiger charge is -2.34. The van der Waals surface area contributed by atoms with Crippen LogP contribution < -0.4 is 0 Å². The first kappa shape index (κ1) is 18.3. The third-order valence-corrected chi connectivity index (χ3v) is 6.36. The maximum absolute atomic E-state index is 12.5. The number of thiophene rings is 1. The van der Waals surface area contributed by atoms with Crippen LogP contribution in [0.25, 0.3) is 10.4 Å². The van der Waals surface area contributed by atoms with Crippen molar-refractivity contribution in [1.29, 1.82) is 0 Å². The number of carbonyl (C=O) groups is 1. The summed E-state index contributed by atoms with van der Waals surface area (Å²) in [5.74, 6) is 0.0314. The molecule has 3 heterocycles. The molecule has 0 radical (unpaired) electrons. The molecule has 4 nitrogen and oxygen atoms in total. The van der Waals surface area contributed by atoms with E-state index in [1.54, 1.807) is 12.3 Å². The Morgan fingerprint density at radius 2 is 1.78 bits per heavy atom. The van der Waals surface area contributed by atoms with E-state index in [1.165, 1.54) is 15.3 Å². The monoisotopic (exact) mass is 441 g/mol. The highest BCUT2D eigenvalue weighted by Crippen LogP contribution is 2.30.